The van der Waals surface area contributed by atoms with E-state index in [1.165, 1.54) is 6.07 Å². The third kappa shape index (κ3) is 7.48. The summed E-state index contributed by atoms with van der Waals surface area (Å²) in [6.07, 6.45) is 2.21. The van der Waals surface area contributed by atoms with E-state index in [1.54, 1.807) is 0 Å². The predicted octanol–water partition coefficient (Wildman–Crippen LogP) is 5.16. The molecule has 0 atom stereocenters. The molecule has 0 unspecified atom stereocenters. The molecule has 0 spiro atoms. The summed E-state index contributed by atoms with van der Waals surface area (Å²) in [5.74, 6) is -1.25. The van der Waals surface area contributed by atoms with Crippen molar-refractivity contribution < 1.29 is 22.3 Å². The number of carbonyl (C=O) groups excluding carboxylic acids is 1. The van der Waals surface area contributed by atoms with Gasteiger partial charge in [-0.25, -0.2) is 14.7 Å². The van der Waals surface area contributed by atoms with Gasteiger partial charge in [0.05, 0.1) is 0 Å². The summed E-state index contributed by atoms with van der Waals surface area (Å²) in [5, 5.41) is -0.591. The van der Waals surface area contributed by atoms with Gasteiger partial charge in [-0.1, -0.05) is 57.5 Å². The molecule has 0 fully saturated rings. The van der Waals surface area contributed by atoms with Gasteiger partial charge in [-0.15, -0.1) is 0 Å². The van der Waals surface area contributed by atoms with Crippen molar-refractivity contribution in [2.45, 2.75) is 66.3 Å². The number of aryl methyl sites for hydroxylation is 3. The van der Waals surface area contributed by atoms with E-state index in [2.05, 4.69) is 9.98 Å². The molecule has 2 aromatic rings. The molecular formula is C25H32FN3O4S. The van der Waals surface area contributed by atoms with E-state index < -0.39 is 33.3 Å². The van der Waals surface area contributed by atoms with Crippen molar-refractivity contribution in [1.29, 1.82) is 0 Å². The van der Waals surface area contributed by atoms with Crippen molar-refractivity contribution in [3.63, 3.8) is 0 Å². The first-order valence-electron chi connectivity index (χ1n) is 10.9. The molecule has 7 nitrogen and oxygen atoms in total. The van der Waals surface area contributed by atoms with Crippen molar-refractivity contribution in [1.82, 2.24) is 9.71 Å². The van der Waals surface area contributed by atoms with Crippen LogP contribution in [-0.4, -0.2) is 25.2 Å². The lowest BCUT2D eigenvalue weighted by atomic mass is 9.91. The topological polar surface area (TPSA) is 97.7 Å². The summed E-state index contributed by atoms with van der Waals surface area (Å²) in [4.78, 5) is 20.7. The molecule has 1 amide bonds. The minimum atomic E-state index is -4.37. The minimum Gasteiger partial charge on any atom is -0.442 e. The Hall–Kier alpha value is -3.07. The second-order valence-electron chi connectivity index (χ2n) is 9.09. The van der Waals surface area contributed by atoms with E-state index >= 15 is 0 Å². The molecule has 0 aliphatic carbocycles. The highest BCUT2D eigenvalue weighted by Crippen LogP contribution is 2.29. The molecule has 0 saturated heterocycles. The zero-order valence-electron chi connectivity index (χ0n) is 20.7. The van der Waals surface area contributed by atoms with E-state index in [0.29, 0.717) is 11.4 Å². The average molecular weight is 490 g/mol. The van der Waals surface area contributed by atoms with Crippen LogP contribution in [0, 0.1) is 32.1 Å². The maximum Gasteiger partial charge on any atom is 0.281 e. The number of aromatic nitrogens is 1. The molecule has 1 heterocycles. The lowest BCUT2D eigenvalue weighted by Crippen LogP contribution is -2.33. The van der Waals surface area contributed by atoms with Crippen molar-refractivity contribution in [2.24, 2.45) is 10.4 Å². The fourth-order valence-corrected chi connectivity index (χ4v) is 4.25. The number of ether oxygens (including phenoxy) is 1. The molecule has 0 aliphatic rings. The van der Waals surface area contributed by atoms with Gasteiger partial charge in [0.15, 0.2) is 5.03 Å². The number of hydrogen-bond donors (Lipinski definition) is 1. The molecule has 184 valence electrons. The van der Waals surface area contributed by atoms with E-state index in [0.717, 1.165) is 35.2 Å². The number of hydrogen-bond acceptors (Lipinski definition) is 6. The van der Waals surface area contributed by atoms with Crippen LogP contribution in [-0.2, 0) is 14.8 Å². The van der Waals surface area contributed by atoms with Crippen molar-refractivity contribution >= 4 is 21.8 Å². The van der Waals surface area contributed by atoms with E-state index in [-0.39, 0.29) is 11.3 Å². The molecule has 0 saturated carbocycles. The largest absolute Gasteiger partial charge is 0.442 e. The number of amides is 1. The number of benzene rings is 1. The molecule has 1 N–H and O–H groups in total. The molecule has 1 aromatic heterocycles. The first kappa shape index (κ1) is 27.2. The number of rotatable bonds is 7. The van der Waals surface area contributed by atoms with Gasteiger partial charge in [0.1, 0.15) is 12.2 Å². The molecule has 0 bridgehead atoms. The number of aliphatic imine (C=N–C) groups is 1. The monoisotopic (exact) mass is 489 g/mol. The Kier molecular flexibility index (Phi) is 8.72. The number of sulfonamides is 1. The van der Waals surface area contributed by atoms with Crippen LogP contribution in [0.1, 0.15) is 57.2 Å². The number of pyridine rings is 1. The highest BCUT2D eigenvalue weighted by molar-refractivity contribution is 7.90. The maximum atomic E-state index is 13.4. The summed E-state index contributed by atoms with van der Waals surface area (Å²) in [6.45, 7) is 13.7. The molecule has 0 radical (unpaired) electrons. The van der Waals surface area contributed by atoms with E-state index in [9.17, 15) is 17.6 Å². The van der Waals surface area contributed by atoms with Crippen LogP contribution in [0.3, 0.4) is 0 Å². The second kappa shape index (κ2) is 10.9. The standard InChI is InChI=1S/C25H32FN3O4S/c1-8-10-19(25(5,6)7)27-22(33-24-17(3)13-16(2)14-18(24)4)15-21(30)29-34(31,32)23-12-9-11-20(26)28-23/h9-14H,8,15H2,1-7H3,(H,29,30)/b19-10-,27-22?. The van der Waals surface area contributed by atoms with E-state index in [1.807, 2.05) is 71.4 Å². The molecule has 34 heavy (non-hydrogen) atoms. The number of halogens is 1. The lowest BCUT2D eigenvalue weighted by Gasteiger charge is -2.21. The first-order chi connectivity index (χ1) is 15.7. The summed E-state index contributed by atoms with van der Waals surface area (Å²) < 4.78 is 46.4. The Morgan fingerprint density at radius 2 is 1.79 bits per heavy atom. The number of nitrogens with one attached hydrogen (secondary N) is 1. The van der Waals surface area contributed by atoms with Crippen LogP contribution in [0.25, 0.3) is 0 Å². The summed E-state index contributed by atoms with van der Waals surface area (Å²) in [7, 11) is -4.37. The molecular weight excluding hydrogens is 457 g/mol. The fourth-order valence-electron chi connectivity index (χ4n) is 3.31. The van der Waals surface area contributed by atoms with E-state index in [4.69, 9.17) is 4.74 Å². The highest BCUT2D eigenvalue weighted by atomic mass is 32.2. The maximum absolute atomic E-state index is 13.4. The van der Waals surface area contributed by atoms with Crippen LogP contribution in [0.4, 0.5) is 4.39 Å². The molecule has 1 aromatic carbocycles. The predicted molar refractivity (Wildman–Crippen MR) is 131 cm³/mol. The van der Waals surface area contributed by atoms with Gasteiger partial charge in [-0.05, 0) is 50.5 Å². The number of allylic oxidation sites excluding steroid dienone is 2. The SMILES string of the molecule is CC/C=C(\N=C(CC(=O)NS(=O)(=O)c1cccc(F)n1)Oc1c(C)cc(C)cc1C)C(C)(C)C. The van der Waals surface area contributed by atoms with Crippen LogP contribution in [0.2, 0.25) is 0 Å². The van der Waals surface area contributed by atoms with Crippen molar-refractivity contribution in [3.05, 3.63) is 64.7 Å². The lowest BCUT2D eigenvalue weighted by molar-refractivity contribution is -0.118. The fraction of sp³-hybridized carbons (Fsp3) is 0.400. The van der Waals surface area contributed by atoms with Crippen LogP contribution >= 0.6 is 0 Å². The van der Waals surface area contributed by atoms with Gasteiger partial charge >= 0.3 is 0 Å². The normalized spacial score (nSPS) is 13.1. The van der Waals surface area contributed by atoms with Gasteiger partial charge in [-0.3, -0.25) is 4.79 Å². The number of carbonyl (C=O) groups is 1. The third-order valence-corrected chi connectivity index (χ3v) is 6.03. The van der Waals surface area contributed by atoms with Crippen LogP contribution < -0.4 is 9.46 Å². The zero-order valence-corrected chi connectivity index (χ0v) is 21.5. The smallest absolute Gasteiger partial charge is 0.281 e. The molecule has 2 rings (SSSR count). The first-order valence-corrected chi connectivity index (χ1v) is 12.4. The summed E-state index contributed by atoms with van der Waals surface area (Å²) in [5.41, 5.74) is 3.15. The van der Waals surface area contributed by atoms with Gasteiger partial charge in [0, 0.05) is 11.1 Å². The second-order valence-corrected chi connectivity index (χ2v) is 10.7. The quantitative estimate of drug-likeness (QED) is 0.329. The molecule has 9 heteroatoms. The van der Waals surface area contributed by atoms with Crippen LogP contribution in [0.15, 0.2) is 52.1 Å². The minimum absolute atomic E-state index is 0.0459. The Morgan fingerprint density at radius 3 is 2.32 bits per heavy atom. The highest BCUT2D eigenvalue weighted by Gasteiger charge is 2.24. The van der Waals surface area contributed by atoms with Crippen LogP contribution in [0.5, 0.6) is 5.75 Å². The van der Waals surface area contributed by atoms with Gasteiger partial charge in [0.25, 0.3) is 10.0 Å². The van der Waals surface area contributed by atoms with Gasteiger partial charge in [0.2, 0.25) is 17.8 Å². The Bertz CT molecular complexity index is 1210. The van der Waals surface area contributed by atoms with Crippen molar-refractivity contribution in [2.75, 3.05) is 0 Å². The number of nitrogens with zero attached hydrogens (tertiary/aromatic N) is 2. The molecule has 0 aliphatic heterocycles. The van der Waals surface area contributed by atoms with Gasteiger partial charge < -0.3 is 4.74 Å². The Balaban J connectivity index is 2.42. The summed E-state index contributed by atoms with van der Waals surface area (Å²) in [6, 6.07) is 7.22. The third-order valence-electron chi connectivity index (χ3n) is 4.76. The summed E-state index contributed by atoms with van der Waals surface area (Å²) >= 11 is 0. The Labute approximate surface area is 201 Å². The average Bonchev–Trinajstić information content (AvgIpc) is 2.69. The van der Waals surface area contributed by atoms with Crippen molar-refractivity contribution in [3.8, 4) is 5.75 Å². The Morgan fingerprint density at radius 1 is 1.18 bits per heavy atom. The van der Waals surface area contributed by atoms with Gasteiger partial charge in [-0.2, -0.15) is 12.8 Å². The zero-order chi connectivity index (χ0) is 25.7.